The second-order valence-electron chi connectivity index (χ2n) is 6.35. The molecular weight excluding hydrogens is 411 g/mol. The Hall–Kier alpha value is -0.330. The number of hydrogen-bond donors (Lipinski definition) is 1. The molecule has 1 saturated carbocycles. The number of carbonyl (C=O) groups is 1. The van der Waals surface area contributed by atoms with E-state index in [1.807, 2.05) is 12.1 Å². The third kappa shape index (κ3) is 3.95. The van der Waals surface area contributed by atoms with Crippen LogP contribution in [-0.4, -0.2) is 36.0 Å². The summed E-state index contributed by atoms with van der Waals surface area (Å²) in [5.41, 5.74) is 0.659. The molecule has 1 aliphatic carbocycles. The molecule has 1 heterocycles. The molecule has 3 nitrogen and oxygen atoms in total. The molecule has 0 atom stereocenters. The quantitative estimate of drug-likeness (QED) is 0.730. The summed E-state index contributed by atoms with van der Waals surface area (Å²) < 4.78 is 0.974. The van der Waals surface area contributed by atoms with Gasteiger partial charge in [0, 0.05) is 21.2 Å². The number of benzene rings is 1. The van der Waals surface area contributed by atoms with Crippen LogP contribution in [0.25, 0.3) is 0 Å². The van der Waals surface area contributed by atoms with Gasteiger partial charge in [0.1, 0.15) is 0 Å². The SMILES string of the molecule is O=C(NC1CCC(N2CCCC2)CC1)c1ccc(I)c(Cl)c1. The van der Waals surface area contributed by atoms with Crippen molar-refractivity contribution in [2.75, 3.05) is 13.1 Å². The molecule has 0 bridgehead atoms. The maximum absolute atomic E-state index is 12.3. The highest BCUT2D eigenvalue weighted by Gasteiger charge is 2.28. The summed E-state index contributed by atoms with van der Waals surface area (Å²) in [6.45, 7) is 2.53. The maximum atomic E-state index is 12.3. The van der Waals surface area contributed by atoms with E-state index in [0.29, 0.717) is 16.6 Å². The fourth-order valence-corrected chi connectivity index (χ4v) is 4.11. The number of nitrogens with one attached hydrogen (secondary N) is 1. The van der Waals surface area contributed by atoms with Gasteiger partial charge in [0.25, 0.3) is 5.91 Å². The zero-order valence-electron chi connectivity index (χ0n) is 12.7. The standard InChI is InChI=1S/C17H22ClIN2O/c18-15-11-12(3-8-16(15)19)17(22)20-13-4-6-14(7-5-13)21-9-1-2-10-21/h3,8,11,13-14H,1-2,4-7,9-10H2,(H,20,22). The molecule has 120 valence electrons. The van der Waals surface area contributed by atoms with Crippen molar-refractivity contribution in [1.29, 1.82) is 0 Å². The predicted molar refractivity (Wildman–Crippen MR) is 98.5 cm³/mol. The van der Waals surface area contributed by atoms with Crippen molar-refractivity contribution in [3.8, 4) is 0 Å². The topological polar surface area (TPSA) is 32.3 Å². The Labute approximate surface area is 150 Å². The third-order valence-corrected chi connectivity index (χ3v) is 6.44. The van der Waals surface area contributed by atoms with Crippen LogP contribution in [0.15, 0.2) is 18.2 Å². The van der Waals surface area contributed by atoms with Crippen LogP contribution in [0.4, 0.5) is 0 Å². The van der Waals surface area contributed by atoms with Crippen molar-refractivity contribution in [2.45, 2.75) is 50.6 Å². The van der Waals surface area contributed by atoms with Crippen LogP contribution in [0.1, 0.15) is 48.9 Å². The minimum absolute atomic E-state index is 0.00271. The molecule has 2 aliphatic rings. The lowest BCUT2D eigenvalue weighted by molar-refractivity contribution is 0.0911. The zero-order chi connectivity index (χ0) is 15.5. The monoisotopic (exact) mass is 432 g/mol. The van der Waals surface area contributed by atoms with E-state index in [2.05, 4.69) is 32.8 Å². The van der Waals surface area contributed by atoms with Crippen LogP contribution >= 0.6 is 34.2 Å². The Balaban J connectivity index is 1.51. The van der Waals surface area contributed by atoms with Gasteiger partial charge in [0.05, 0.1) is 5.02 Å². The first kappa shape index (κ1) is 16.5. The van der Waals surface area contributed by atoms with E-state index < -0.39 is 0 Å². The van der Waals surface area contributed by atoms with Crippen LogP contribution < -0.4 is 5.32 Å². The van der Waals surface area contributed by atoms with Crippen molar-refractivity contribution in [3.63, 3.8) is 0 Å². The maximum Gasteiger partial charge on any atom is 0.251 e. The number of amides is 1. The first-order chi connectivity index (χ1) is 10.6. The van der Waals surface area contributed by atoms with Gasteiger partial charge in [0.2, 0.25) is 0 Å². The molecule has 1 aromatic rings. The van der Waals surface area contributed by atoms with Gasteiger partial charge < -0.3 is 10.2 Å². The highest BCUT2D eigenvalue weighted by atomic mass is 127. The molecule has 1 amide bonds. The molecule has 0 unspecified atom stereocenters. The molecule has 0 aromatic heterocycles. The summed E-state index contributed by atoms with van der Waals surface area (Å²) in [5.74, 6) is 0.00271. The lowest BCUT2D eigenvalue weighted by Crippen LogP contribution is -2.43. The lowest BCUT2D eigenvalue weighted by atomic mass is 9.90. The van der Waals surface area contributed by atoms with E-state index in [4.69, 9.17) is 11.6 Å². The van der Waals surface area contributed by atoms with Gasteiger partial charge in [-0.2, -0.15) is 0 Å². The number of rotatable bonds is 3. The fraction of sp³-hybridized carbons (Fsp3) is 0.588. The van der Waals surface area contributed by atoms with Crippen LogP contribution in [0.5, 0.6) is 0 Å². The van der Waals surface area contributed by atoms with E-state index in [-0.39, 0.29) is 5.91 Å². The van der Waals surface area contributed by atoms with Gasteiger partial charge in [-0.3, -0.25) is 4.79 Å². The van der Waals surface area contributed by atoms with Crippen molar-refractivity contribution in [2.24, 2.45) is 0 Å². The number of carbonyl (C=O) groups excluding carboxylic acids is 1. The van der Waals surface area contributed by atoms with Gasteiger partial charge in [-0.15, -0.1) is 0 Å². The molecule has 5 heteroatoms. The van der Waals surface area contributed by atoms with Gasteiger partial charge >= 0.3 is 0 Å². The van der Waals surface area contributed by atoms with Crippen LogP contribution in [0, 0.1) is 3.57 Å². The third-order valence-electron chi connectivity index (χ3n) is 4.87. The number of halogens is 2. The summed E-state index contributed by atoms with van der Waals surface area (Å²) in [7, 11) is 0. The zero-order valence-corrected chi connectivity index (χ0v) is 15.6. The summed E-state index contributed by atoms with van der Waals surface area (Å²) in [6.07, 6.45) is 7.29. The van der Waals surface area contributed by atoms with E-state index >= 15 is 0 Å². The van der Waals surface area contributed by atoms with E-state index in [1.165, 1.54) is 38.8 Å². The molecule has 1 aliphatic heterocycles. The highest BCUT2D eigenvalue weighted by molar-refractivity contribution is 14.1. The number of nitrogens with zero attached hydrogens (tertiary/aromatic N) is 1. The molecule has 22 heavy (non-hydrogen) atoms. The second-order valence-corrected chi connectivity index (χ2v) is 7.92. The van der Waals surface area contributed by atoms with E-state index in [9.17, 15) is 4.79 Å². The minimum Gasteiger partial charge on any atom is -0.349 e. The largest absolute Gasteiger partial charge is 0.349 e. The van der Waals surface area contributed by atoms with E-state index in [1.54, 1.807) is 6.07 Å². The average molecular weight is 433 g/mol. The van der Waals surface area contributed by atoms with Gasteiger partial charge in [-0.05, 0) is 92.4 Å². The van der Waals surface area contributed by atoms with Crippen LogP contribution in [0.2, 0.25) is 5.02 Å². The Bertz CT molecular complexity index is 537. The highest BCUT2D eigenvalue weighted by Crippen LogP contribution is 2.26. The molecule has 0 spiro atoms. The molecule has 1 N–H and O–H groups in total. The summed E-state index contributed by atoms with van der Waals surface area (Å²) in [5, 5.41) is 3.82. The van der Waals surface area contributed by atoms with Crippen molar-refractivity contribution in [3.05, 3.63) is 32.4 Å². The summed E-state index contributed by atoms with van der Waals surface area (Å²) in [6, 6.07) is 6.54. The average Bonchev–Trinajstić information content (AvgIpc) is 3.05. The molecule has 3 rings (SSSR count). The Morgan fingerprint density at radius 3 is 2.50 bits per heavy atom. The minimum atomic E-state index is 0.00271. The molecule has 2 fully saturated rings. The molecule has 1 aromatic carbocycles. The smallest absolute Gasteiger partial charge is 0.251 e. The van der Waals surface area contributed by atoms with Crippen molar-refractivity contribution >= 4 is 40.1 Å². The fourth-order valence-electron chi connectivity index (χ4n) is 3.60. The van der Waals surface area contributed by atoms with Gasteiger partial charge in [-0.1, -0.05) is 11.6 Å². The van der Waals surface area contributed by atoms with Crippen molar-refractivity contribution < 1.29 is 4.79 Å². The normalized spacial score (nSPS) is 26.1. The molecular formula is C17H22ClIN2O. The number of hydrogen-bond acceptors (Lipinski definition) is 2. The second kappa shape index (κ2) is 7.49. The first-order valence-electron chi connectivity index (χ1n) is 8.13. The van der Waals surface area contributed by atoms with Crippen molar-refractivity contribution in [1.82, 2.24) is 10.2 Å². The Morgan fingerprint density at radius 2 is 1.86 bits per heavy atom. The van der Waals surface area contributed by atoms with Gasteiger partial charge in [-0.25, -0.2) is 0 Å². The number of likely N-dealkylation sites (tertiary alicyclic amines) is 1. The Morgan fingerprint density at radius 1 is 1.18 bits per heavy atom. The van der Waals surface area contributed by atoms with Crippen LogP contribution in [-0.2, 0) is 0 Å². The summed E-state index contributed by atoms with van der Waals surface area (Å²) >= 11 is 8.27. The predicted octanol–water partition coefficient (Wildman–Crippen LogP) is 4.08. The first-order valence-corrected chi connectivity index (χ1v) is 9.59. The summed E-state index contributed by atoms with van der Waals surface area (Å²) in [4.78, 5) is 15.0. The van der Waals surface area contributed by atoms with Gasteiger partial charge in [0.15, 0.2) is 0 Å². The lowest BCUT2D eigenvalue weighted by Gasteiger charge is -2.34. The van der Waals surface area contributed by atoms with E-state index in [0.717, 1.165) is 22.5 Å². The van der Waals surface area contributed by atoms with Crippen LogP contribution in [0.3, 0.4) is 0 Å². The molecule has 1 saturated heterocycles. The Kier molecular flexibility index (Phi) is 5.63. The molecule has 0 radical (unpaired) electrons.